The lowest BCUT2D eigenvalue weighted by molar-refractivity contribution is 0.334. The van der Waals surface area contributed by atoms with Crippen molar-refractivity contribution in [3.05, 3.63) is 310 Å². The molecule has 0 atom stereocenters. The lowest BCUT2D eigenvalue weighted by Crippen LogP contribution is -2.20. The van der Waals surface area contributed by atoms with Gasteiger partial charge in [0.15, 0.2) is 22.6 Å². The molecular formula is C102H110Cl2N20. The van der Waals surface area contributed by atoms with Crippen LogP contribution in [0.25, 0.3) is 67.6 Å². The Bertz CT molecular complexity index is 5930. The predicted molar refractivity (Wildman–Crippen MR) is 508 cm³/mol. The summed E-state index contributed by atoms with van der Waals surface area (Å²) in [5.41, 5.74) is 23.6. The molecule has 4 aliphatic heterocycles. The summed E-state index contributed by atoms with van der Waals surface area (Å²) < 4.78 is 7.53. The third-order valence-corrected chi connectivity index (χ3v) is 24.3. The molecule has 0 saturated carbocycles. The molecule has 8 aromatic carbocycles. The summed E-state index contributed by atoms with van der Waals surface area (Å²) in [5, 5.41) is 33.6. The molecule has 12 heterocycles. The first-order valence-corrected chi connectivity index (χ1v) is 45.2. The van der Waals surface area contributed by atoms with Crippen molar-refractivity contribution in [3.63, 3.8) is 0 Å². The molecule has 16 aromatic rings. The van der Waals surface area contributed by atoms with Crippen molar-refractivity contribution >= 4 is 92.3 Å². The van der Waals surface area contributed by atoms with Gasteiger partial charge in [-0.25, -0.2) is 18.1 Å². The number of likely N-dealkylation sites (tertiary alicyclic amines) is 4. The Morgan fingerprint density at radius 2 is 0.581 bits per heavy atom. The van der Waals surface area contributed by atoms with E-state index in [2.05, 4.69) is 243 Å². The van der Waals surface area contributed by atoms with Crippen molar-refractivity contribution in [3.8, 4) is 45.0 Å². The third-order valence-electron chi connectivity index (χ3n) is 23.8. The first-order valence-electron chi connectivity index (χ1n) is 44.4. The van der Waals surface area contributed by atoms with Crippen LogP contribution >= 0.6 is 23.2 Å². The zero-order valence-corrected chi connectivity index (χ0v) is 72.6. The second-order valence-corrected chi connectivity index (χ2v) is 33.9. The summed E-state index contributed by atoms with van der Waals surface area (Å²) in [4.78, 5) is 28.9. The number of nitrogens with zero attached hydrogens (tertiary/aromatic N) is 16. The number of halogens is 2. The zero-order valence-electron chi connectivity index (χ0n) is 71.1. The van der Waals surface area contributed by atoms with Gasteiger partial charge in [0, 0.05) is 55.0 Å². The van der Waals surface area contributed by atoms with E-state index in [9.17, 15) is 0 Å². The van der Waals surface area contributed by atoms with E-state index in [1.807, 2.05) is 127 Å². The number of pyridine rings is 4. The van der Waals surface area contributed by atoms with Crippen LogP contribution in [0.5, 0.6) is 0 Å². The molecule has 4 aliphatic rings. The highest BCUT2D eigenvalue weighted by atomic mass is 35.5. The first-order chi connectivity index (χ1) is 61.0. The van der Waals surface area contributed by atoms with Gasteiger partial charge in [-0.3, -0.25) is 0 Å². The molecule has 0 aliphatic carbocycles. The van der Waals surface area contributed by atoms with Gasteiger partial charge >= 0.3 is 0 Å². The van der Waals surface area contributed by atoms with E-state index in [1.165, 1.54) is 195 Å². The van der Waals surface area contributed by atoms with Gasteiger partial charge in [-0.05, 0) is 350 Å². The number of nitrogens with one attached hydrogen (secondary N) is 4. The molecule has 124 heavy (non-hydrogen) atoms. The molecule has 20 rings (SSSR count). The minimum absolute atomic E-state index is 0.580. The van der Waals surface area contributed by atoms with Crippen LogP contribution in [0.2, 0.25) is 10.0 Å². The van der Waals surface area contributed by atoms with Gasteiger partial charge < -0.3 is 40.9 Å². The SMILES string of the molecule is Cc1cccc(-c2cccc3nc(Nc4ccc(CCCN5CCCC5)cc4)nn23)c1.Cc1ccccc1-c1cccc2nc(Nc3ccc(CCCN4CCCC4)cc3)nn12.Clc1ccc(-c2cccc3nc(Nc4ccc(CCCN5CCCC5)cc4)nn23)cc1.Clc1cccc(-c2cccc3nc(Nc4ccc(CCCN5CCCC5)cc4)nn23)c1. The average molecular weight is 1690 g/mol. The van der Waals surface area contributed by atoms with Gasteiger partial charge in [0.25, 0.3) is 0 Å². The van der Waals surface area contributed by atoms with Crippen molar-refractivity contribution in [1.29, 1.82) is 0 Å². The fourth-order valence-electron chi connectivity index (χ4n) is 17.2. The third kappa shape index (κ3) is 22.4. The van der Waals surface area contributed by atoms with Crippen LogP contribution in [-0.4, -0.2) is 157 Å². The molecule has 0 amide bonds. The van der Waals surface area contributed by atoms with Gasteiger partial charge in [-0.1, -0.05) is 168 Å². The summed E-state index contributed by atoms with van der Waals surface area (Å²) in [7, 11) is 0. The first kappa shape index (κ1) is 84.1. The number of rotatable bonds is 28. The fraction of sp³-hybridized carbons (Fsp3) is 0.294. The maximum atomic E-state index is 6.18. The van der Waals surface area contributed by atoms with E-state index < -0.39 is 0 Å². The van der Waals surface area contributed by atoms with E-state index in [0.29, 0.717) is 28.8 Å². The van der Waals surface area contributed by atoms with Gasteiger partial charge in [-0.15, -0.1) is 20.4 Å². The second-order valence-electron chi connectivity index (χ2n) is 33.1. The quantitative estimate of drug-likeness (QED) is 0.0363. The summed E-state index contributed by atoms with van der Waals surface area (Å²) in [5.74, 6) is 2.39. The molecule has 0 bridgehead atoms. The van der Waals surface area contributed by atoms with E-state index in [0.717, 1.165) is 116 Å². The van der Waals surface area contributed by atoms with Crippen LogP contribution in [0, 0.1) is 13.8 Å². The second kappa shape index (κ2) is 41.4. The summed E-state index contributed by atoms with van der Waals surface area (Å²) >= 11 is 12.2. The standard InChI is InChI=1S/2C26H29N5.2C25H26ClN5/c1-20-7-4-9-22(19-20)24-10-5-11-25-28-26(29-31(24)25)27-23-14-12-21(13-15-23)8-6-18-30-16-2-3-17-30;1-20-8-2-3-10-23(20)24-11-6-12-25-28-26(29-31(24)25)27-22-15-13-21(14-16-22)9-7-19-30-17-4-5-18-30;26-21-8-3-7-20(18-21)23-9-4-10-24-28-25(29-31(23)24)27-22-13-11-19(12-14-22)6-5-17-30-15-1-2-16-30;26-21-12-10-20(11-13-21)23-6-3-7-24-28-25(29-31(23)24)27-22-14-8-19(9-15-22)5-4-18-30-16-1-2-17-30/h4-5,7,9-15,19H,2-3,6,8,16-18H2,1H3,(H,27,29);2-3,6,8,10-16H,4-5,7,9,17-19H2,1H3,(H,27,29);3-4,7-14,18H,1-2,5-6,15-17H2,(H,27,29);3,6-15H,1-2,4-5,16-18H2,(H,27,29). The number of aryl methyl sites for hydroxylation is 6. The highest BCUT2D eigenvalue weighted by Crippen LogP contribution is 2.31. The van der Waals surface area contributed by atoms with Crippen molar-refractivity contribution in [2.75, 3.05) is 99.8 Å². The molecule has 632 valence electrons. The van der Waals surface area contributed by atoms with E-state index in [-0.39, 0.29) is 0 Å². The molecule has 0 unspecified atom stereocenters. The molecule has 4 saturated heterocycles. The van der Waals surface area contributed by atoms with Crippen molar-refractivity contribution in [2.24, 2.45) is 0 Å². The monoisotopic (exact) mass is 1680 g/mol. The molecule has 20 nitrogen and oxygen atoms in total. The Balaban J connectivity index is 0.000000117. The summed E-state index contributed by atoms with van der Waals surface area (Å²) in [6.07, 6.45) is 20.3. The Kier molecular flexibility index (Phi) is 28.0. The number of benzene rings is 8. The minimum Gasteiger partial charge on any atom is -0.323 e. The molecule has 8 aromatic heterocycles. The van der Waals surface area contributed by atoms with E-state index >= 15 is 0 Å². The molecule has 0 spiro atoms. The Morgan fingerprint density at radius 3 is 0.919 bits per heavy atom. The molecule has 0 radical (unpaired) electrons. The number of hydrogen-bond donors (Lipinski definition) is 4. The van der Waals surface area contributed by atoms with E-state index in [1.54, 1.807) is 0 Å². The predicted octanol–water partition coefficient (Wildman–Crippen LogP) is 22.6. The van der Waals surface area contributed by atoms with Crippen LogP contribution in [0.1, 0.15) is 110 Å². The summed E-state index contributed by atoms with van der Waals surface area (Å²) in [6.45, 7) is 19.3. The lowest BCUT2D eigenvalue weighted by Gasteiger charge is -2.14. The maximum absolute atomic E-state index is 6.18. The molecule has 4 fully saturated rings. The Labute approximate surface area is 737 Å². The number of fused-ring (bicyclic) bond motifs is 4. The van der Waals surface area contributed by atoms with Crippen molar-refractivity contribution in [1.82, 2.24) is 78.0 Å². The Morgan fingerprint density at radius 1 is 0.274 bits per heavy atom. The van der Waals surface area contributed by atoms with Crippen molar-refractivity contribution in [2.45, 2.75) is 117 Å². The van der Waals surface area contributed by atoms with Gasteiger partial charge in [-0.2, -0.15) is 19.9 Å². The van der Waals surface area contributed by atoms with Crippen LogP contribution < -0.4 is 21.3 Å². The van der Waals surface area contributed by atoms with Gasteiger partial charge in [0.1, 0.15) is 0 Å². The van der Waals surface area contributed by atoms with Crippen LogP contribution in [-0.2, 0) is 25.7 Å². The number of hydrogen-bond acceptors (Lipinski definition) is 16. The molecular weight excluding hydrogens is 1580 g/mol. The van der Waals surface area contributed by atoms with Crippen LogP contribution in [0.4, 0.5) is 46.5 Å². The highest BCUT2D eigenvalue weighted by Gasteiger charge is 2.19. The highest BCUT2D eigenvalue weighted by molar-refractivity contribution is 6.31. The minimum atomic E-state index is 0.580. The normalized spacial score (nSPS) is 14.4. The molecule has 4 N–H and O–H groups in total. The summed E-state index contributed by atoms with van der Waals surface area (Å²) in [6, 6.07) is 91.1. The van der Waals surface area contributed by atoms with Crippen molar-refractivity contribution < 1.29 is 0 Å². The zero-order chi connectivity index (χ0) is 84.2. The maximum Gasteiger partial charge on any atom is 0.247 e. The van der Waals surface area contributed by atoms with Crippen LogP contribution in [0.15, 0.2) is 267 Å². The lowest BCUT2D eigenvalue weighted by atomic mass is 10.1. The van der Waals surface area contributed by atoms with Gasteiger partial charge in [0.05, 0.1) is 22.8 Å². The topological polar surface area (TPSA) is 182 Å². The van der Waals surface area contributed by atoms with Crippen LogP contribution in [0.3, 0.4) is 0 Å². The Hall–Kier alpha value is -12.1. The number of aromatic nitrogens is 12. The largest absolute Gasteiger partial charge is 0.323 e. The van der Waals surface area contributed by atoms with Gasteiger partial charge in [0.2, 0.25) is 23.8 Å². The fourth-order valence-corrected chi connectivity index (χ4v) is 17.5. The molecule has 22 heteroatoms. The van der Waals surface area contributed by atoms with E-state index in [4.69, 9.17) is 33.4 Å². The number of anilines is 8. The average Bonchev–Trinajstić information content (AvgIpc) is 1.67. The smallest absolute Gasteiger partial charge is 0.247 e.